The van der Waals surface area contributed by atoms with E-state index < -0.39 is 0 Å². The number of aryl methyl sites for hydroxylation is 1. The molecule has 0 bridgehead atoms. The van der Waals surface area contributed by atoms with Crippen molar-refractivity contribution in [2.75, 3.05) is 0 Å². The van der Waals surface area contributed by atoms with Gasteiger partial charge in [-0.3, -0.25) is 0 Å². The molecule has 0 N–H and O–H groups in total. The van der Waals surface area contributed by atoms with Crippen LogP contribution in [0.2, 0.25) is 0 Å². The molecule has 0 spiro atoms. The van der Waals surface area contributed by atoms with Crippen LogP contribution in [0.3, 0.4) is 0 Å². The summed E-state index contributed by atoms with van der Waals surface area (Å²) < 4.78 is 17.9. The van der Waals surface area contributed by atoms with Crippen LogP contribution < -0.4 is 0 Å². The first-order valence-electron chi connectivity index (χ1n) is 5.44. The fourth-order valence-corrected chi connectivity index (χ4v) is 2.42. The Morgan fingerprint density at radius 1 is 1.35 bits per heavy atom. The van der Waals surface area contributed by atoms with Crippen LogP contribution in [-0.4, -0.2) is 5.16 Å². The van der Waals surface area contributed by atoms with E-state index in [9.17, 15) is 4.39 Å². The first-order chi connectivity index (χ1) is 8.15. The highest BCUT2D eigenvalue weighted by Crippen LogP contribution is 2.31. The highest BCUT2D eigenvalue weighted by Gasteiger charge is 2.08. The van der Waals surface area contributed by atoms with Gasteiger partial charge >= 0.3 is 0 Å². The molecule has 0 aliphatic heterocycles. The molecule has 0 amide bonds. The number of hydrogen-bond donors (Lipinski definition) is 0. The third-order valence-corrected chi connectivity index (χ3v) is 3.72. The minimum atomic E-state index is -0.197. The molecule has 1 atom stereocenters. The Labute approximate surface area is 104 Å². The molecule has 0 saturated heterocycles. The third kappa shape index (κ3) is 3.33. The summed E-state index contributed by atoms with van der Waals surface area (Å²) in [7, 11) is 0. The lowest BCUT2D eigenvalue weighted by Gasteiger charge is -2.10. The Hall–Kier alpha value is -1.29. The highest BCUT2D eigenvalue weighted by molar-refractivity contribution is 7.98. The van der Waals surface area contributed by atoms with Gasteiger partial charge in [0.1, 0.15) is 11.6 Å². The molecule has 0 saturated carbocycles. The van der Waals surface area contributed by atoms with Crippen molar-refractivity contribution in [1.82, 2.24) is 5.16 Å². The monoisotopic (exact) mass is 251 g/mol. The maximum absolute atomic E-state index is 12.8. The van der Waals surface area contributed by atoms with Crippen molar-refractivity contribution in [3.63, 3.8) is 0 Å². The summed E-state index contributed by atoms with van der Waals surface area (Å²) in [6, 6.07) is 8.55. The average Bonchev–Trinajstić information content (AvgIpc) is 2.73. The van der Waals surface area contributed by atoms with Gasteiger partial charge in [0, 0.05) is 11.3 Å². The second-order valence-electron chi connectivity index (χ2n) is 3.94. The molecule has 0 fully saturated rings. The van der Waals surface area contributed by atoms with Crippen LogP contribution in [0.15, 0.2) is 34.9 Å². The molecular formula is C13H14FNOS. The molecule has 2 rings (SSSR count). The van der Waals surface area contributed by atoms with E-state index in [-0.39, 0.29) is 5.82 Å². The molecule has 2 nitrogen and oxygen atoms in total. The Balaban J connectivity index is 1.93. The van der Waals surface area contributed by atoms with Crippen LogP contribution in [0.25, 0.3) is 0 Å². The van der Waals surface area contributed by atoms with Crippen LogP contribution in [0.1, 0.15) is 29.2 Å². The topological polar surface area (TPSA) is 26.0 Å². The van der Waals surface area contributed by atoms with E-state index in [2.05, 4.69) is 12.1 Å². The summed E-state index contributed by atoms with van der Waals surface area (Å²) in [5, 5.41) is 4.15. The summed E-state index contributed by atoms with van der Waals surface area (Å²) in [6.45, 7) is 4.00. The van der Waals surface area contributed by atoms with Gasteiger partial charge in [0.05, 0.1) is 11.4 Å². The van der Waals surface area contributed by atoms with Gasteiger partial charge in [-0.05, 0) is 31.5 Å². The molecular weight excluding hydrogens is 237 g/mol. The maximum Gasteiger partial charge on any atom is 0.146 e. The van der Waals surface area contributed by atoms with Crippen molar-refractivity contribution >= 4 is 11.8 Å². The van der Waals surface area contributed by atoms with Crippen LogP contribution in [0, 0.1) is 12.7 Å². The predicted octanol–water partition coefficient (Wildman–Crippen LogP) is 4.12. The lowest BCUT2D eigenvalue weighted by Crippen LogP contribution is -1.89. The summed E-state index contributed by atoms with van der Waals surface area (Å²) in [5.41, 5.74) is 2.02. The first-order valence-corrected chi connectivity index (χ1v) is 6.49. The van der Waals surface area contributed by atoms with Crippen LogP contribution in [-0.2, 0) is 5.75 Å². The number of benzene rings is 1. The molecule has 2 aromatic rings. The Kier molecular flexibility index (Phi) is 3.84. The zero-order chi connectivity index (χ0) is 12.3. The molecule has 1 heterocycles. The molecule has 1 unspecified atom stereocenters. The van der Waals surface area contributed by atoms with Crippen molar-refractivity contribution in [2.45, 2.75) is 24.9 Å². The molecule has 4 heteroatoms. The van der Waals surface area contributed by atoms with E-state index >= 15 is 0 Å². The van der Waals surface area contributed by atoms with E-state index in [0.29, 0.717) is 5.25 Å². The van der Waals surface area contributed by atoms with E-state index in [1.165, 1.54) is 12.1 Å². The normalized spacial score (nSPS) is 12.6. The summed E-state index contributed by atoms with van der Waals surface area (Å²) >= 11 is 1.75. The minimum absolute atomic E-state index is 0.197. The van der Waals surface area contributed by atoms with Crippen molar-refractivity contribution in [2.24, 2.45) is 0 Å². The molecule has 17 heavy (non-hydrogen) atoms. The van der Waals surface area contributed by atoms with E-state index in [1.54, 1.807) is 11.8 Å². The molecule has 0 aliphatic rings. The van der Waals surface area contributed by atoms with Gasteiger partial charge in [-0.25, -0.2) is 4.39 Å². The van der Waals surface area contributed by atoms with Gasteiger partial charge in [-0.1, -0.05) is 17.3 Å². The van der Waals surface area contributed by atoms with E-state index in [4.69, 9.17) is 4.52 Å². The number of halogens is 1. The molecule has 1 aromatic carbocycles. The van der Waals surface area contributed by atoms with Gasteiger partial charge in [0.15, 0.2) is 0 Å². The molecule has 90 valence electrons. The number of nitrogens with zero attached hydrogens (tertiary/aromatic N) is 1. The van der Waals surface area contributed by atoms with Crippen LogP contribution >= 0.6 is 11.8 Å². The van der Waals surface area contributed by atoms with Gasteiger partial charge in [-0.15, -0.1) is 11.8 Å². The Morgan fingerprint density at radius 2 is 2.06 bits per heavy atom. The quantitative estimate of drug-likeness (QED) is 0.817. The largest absolute Gasteiger partial charge is 0.360 e. The maximum atomic E-state index is 12.8. The van der Waals surface area contributed by atoms with Crippen molar-refractivity contribution < 1.29 is 8.91 Å². The molecule has 0 aliphatic carbocycles. The van der Waals surface area contributed by atoms with Gasteiger partial charge in [0.25, 0.3) is 0 Å². The Morgan fingerprint density at radius 3 is 2.65 bits per heavy atom. The lowest BCUT2D eigenvalue weighted by atomic mass is 10.2. The first kappa shape index (κ1) is 12.2. The van der Waals surface area contributed by atoms with Crippen molar-refractivity contribution in [1.29, 1.82) is 0 Å². The van der Waals surface area contributed by atoms with Gasteiger partial charge in [-0.2, -0.15) is 0 Å². The fraction of sp³-hybridized carbons (Fsp3) is 0.308. The summed E-state index contributed by atoms with van der Waals surface area (Å²) in [6.07, 6.45) is 0. The number of thioether (sulfide) groups is 1. The average molecular weight is 251 g/mol. The minimum Gasteiger partial charge on any atom is -0.360 e. The lowest BCUT2D eigenvalue weighted by molar-refractivity contribution is 0.391. The van der Waals surface area contributed by atoms with Gasteiger partial charge < -0.3 is 4.52 Å². The summed E-state index contributed by atoms with van der Waals surface area (Å²) in [4.78, 5) is 0. The van der Waals surface area contributed by atoms with Crippen LogP contribution in [0.4, 0.5) is 4.39 Å². The zero-order valence-electron chi connectivity index (χ0n) is 9.81. The molecule has 0 radical (unpaired) electrons. The SMILES string of the molecule is Cc1cc(CSC(C)c2ccc(F)cc2)on1. The van der Waals surface area contributed by atoms with E-state index in [1.807, 2.05) is 25.1 Å². The zero-order valence-corrected chi connectivity index (χ0v) is 10.6. The fourth-order valence-electron chi connectivity index (χ4n) is 1.52. The summed E-state index contributed by atoms with van der Waals surface area (Å²) in [5.74, 6) is 1.46. The smallest absolute Gasteiger partial charge is 0.146 e. The molecule has 1 aromatic heterocycles. The Bertz CT molecular complexity index is 480. The second kappa shape index (κ2) is 5.36. The predicted molar refractivity (Wildman–Crippen MR) is 67.4 cm³/mol. The number of rotatable bonds is 4. The second-order valence-corrected chi connectivity index (χ2v) is 5.27. The van der Waals surface area contributed by atoms with Crippen LogP contribution in [0.5, 0.6) is 0 Å². The number of hydrogen-bond acceptors (Lipinski definition) is 3. The van der Waals surface area contributed by atoms with Crippen molar-refractivity contribution in [3.05, 3.63) is 53.2 Å². The highest BCUT2D eigenvalue weighted by atomic mass is 32.2. The van der Waals surface area contributed by atoms with Crippen molar-refractivity contribution in [3.8, 4) is 0 Å². The standard InChI is InChI=1S/C13H14FNOS/c1-9-7-13(16-15-9)8-17-10(2)11-3-5-12(14)6-4-11/h3-7,10H,8H2,1-2H3. The third-order valence-electron chi connectivity index (χ3n) is 2.49. The van der Waals surface area contributed by atoms with E-state index in [0.717, 1.165) is 22.8 Å². The van der Waals surface area contributed by atoms with Gasteiger partial charge in [0.2, 0.25) is 0 Å². The number of aromatic nitrogens is 1.